The molecule has 0 atom stereocenters. The van der Waals surface area contributed by atoms with Crippen LogP contribution >= 0.6 is 0 Å². The third kappa shape index (κ3) is 9.09. The second-order valence-electron chi connectivity index (χ2n) is 6.72. The van der Waals surface area contributed by atoms with E-state index in [-0.39, 0.29) is 0 Å². The number of alkyl halides is 6. The molecular formula is C19H20F6N4O5. The number of aromatic nitrogens is 3. The fraction of sp³-hybridized carbons (Fsp3) is 0.368. The van der Waals surface area contributed by atoms with E-state index in [1.54, 1.807) is 6.20 Å². The molecule has 0 aliphatic carbocycles. The summed E-state index contributed by atoms with van der Waals surface area (Å²) in [6.45, 7) is 5.57. The van der Waals surface area contributed by atoms with Crippen LogP contribution in [0, 0.1) is 13.8 Å². The van der Waals surface area contributed by atoms with Crippen LogP contribution in [-0.4, -0.2) is 60.8 Å². The molecule has 2 N–H and O–H groups in total. The number of aryl methyl sites for hydroxylation is 2. The number of rotatable bonds is 4. The molecule has 3 rings (SSSR count). The topological polar surface area (TPSA) is 121 Å². The van der Waals surface area contributed by atoms with Gasteiger partial charge in [-0.3, -0.25) is 9.30 Å². The molecule has 0 saturated carbocycles. The quantitative estimate of drug-likeness (QED) is 0.521. The van der Waals surface area contributed by atoms with Crippen molar-refractivity contribution in [3.05, 3.63) is 53.5 Å². The first-order valence-corrected chi connectivity index (χ1v) is 9.15. The average molecular weight is 498 g/mol. The van der Waals surface area contributed by atoms with Gasteiger partial charge < -0.3 is 14.6 Å². The lowest BCUT2D eigenvalue weighted by atomic mass is 10.3. The number of carbonyl (C=O) groups is 2. The lowest BCUT2D eigenvalue weighted by molar-refractivity contribution is -0.193. The fourth-order valence-electron chi connectivity index (χ4n) is 2.38. The zero-order chi connectivity index (χ0) is 26.3. The zero-order valence-corrected chi connectivity index (χ0v) is 18.0. The van der Waals surface area contributed by atoms with Crippen LogP contribution in [-0.2, 0) is 22.7 Å². The number of halogens is 6. The van der Waals surface area contributed by atoms with Crippen molar-refractivity contribution in [2.75, 3.05) is 7.05 Å². The summed E-state index contributed by atoms with van der Waals surface area (Å²) in [6.07, 6.45) is -6.40. The van der Waals surface area contributed by atoms with Crippen LogP contribution in [0.1, 0.15) is 22.9 Å². The van der Waals surface area contributed by atoms with Crippen molar-refractivity contribution in [1.29, 1.82) is 0 Å². The van der Waals surface area contributed by atoms with Gasteiger partial charge in [-0.05, 0) is 39.1 Å². The van der Waals surface area contributed by atoms with Crippen molar-refractivity contribution in [2.24, 2.45) is 0 Å². The Morgan fingerprint density at radius 3 is 2.00 bits per heavy atom. The van der Waals surface area contributed by atoms with E-state index >= 15 is 0 Å². The third-order valence-corrected chi connectivity index (χ3v) is 3.83. The Kier molecular flexibility index (Phi) is 9.60. The molecule has 3 aromatic heterocycles. The molecule has 3 aromatic rings. The Morgan fingerprint density at radius 2 is 1.56 bits per heavy atom. The predicted octanol–water partition coefficient (Wildman–Crippen LogP) is 3.84. The first-order chi connectivity index (χ1) is 15.5. The molecule has 0 radical (unpaired) electrons. The minimum Gasteiger partial charge on any atom is -0.475 e. The number of furan rings is 1. The van der Waals surface area contributed by atoms with Gasteiger partial charge >= 0.3 is 24.3 Å². The number of nitrogens with zero attached hydrogens (tertiary/aromatic N) is 4. The summed E-state index contributed by atoms with van der Waals surface area (Å²) in [6, 6.07) is 5.94. The summed E-state index contributed by atoms with van der Waals surface area (Å²) in [4.78, 5) is 28.8. The van der Waals surface area contributed by atoms with Crippen LogP contribution < -0.4 is 0 Å². The molecule has 0 unspecified atom stereocenters. The van der Waals surface area contributed by atoms with Crippen molar-refractivity contribution in [1.82, 2.24) is 19.3 Å². The Hall–Kier alpha value is -3.62. The van der Waals surface area contributed by atoms with E-state index in [1.165, 1.54) is 5.69 Å². The van der Waals surface area contributed by atoms with E-state index in [9.17, 15) is 26.3 Å². The fourth-order valence-corrected chi connectivity index (χ4v) is 2.38. The lowest BCUT2D eigenvalue weighted by Crippen LogP contribution is -2.21. The second-order valence-corrected chi connectivity index (χ2v) is 6.72. The van der Waals surface area contributed by atoms with Gasteiger partial charge in [-0.1, -0.05) is 0 Å². The van der Waals surface area contributed by atoms with Crippen LogP contribution in [0.25, 0.3) is 5.78 Å². The van der Waals surface area contributed by atoms with Gasteiger partial charge in [-0.25, -0.2) is 19.6 Å². The number of imidazole rings is 1. The largest absolute Gasteiger partial charge is 0.490 e. The maximum absolute atomic E-state index is 10.6. The second kappa shape index (κ2) is 11.5. The summed E-state index contributed by atoms with van der Waals surface area (Å²) in [5.74, 6) is -2.83. The van der Waals surface area contributed by atoms with Gasteiger partial charge in [-0.2, -0.15) is 26.3 Å². The molecule has 15 heteroatoms. The van der Waals surface area contributed by atoms with Crippen molar-refractivity contribution in [3.63, 3.8) is 0 Å². The molecule has 0 saturated heterocycles. The Bertz CT molecular complexity index is 1080. The SMILES string of the molecule is Cc1ccc(CN(C)Cc2c(C)nc3ncccn23)o1.O=C(O)C(F)(F)F.O=C(O)C(F)(F)F. The molecule has 3 heterocycles. The molecule has 0 bridgehead atoms. The summed E-state index contributed by atoms with van der Waals surface area (Å²) >= 11 is 0. The standard InChI is InChI=1S/C15H18N4O.2C2HF3O2/c1-11-5-6-13(20-11)9-18(3)10-14-12(2)17-15-16-7-4-8-19(14)15;2*3-2(4,5)1(6)7/h4-8H,9-10H2,1-3H3;2*(H,6,7). The first-order valence-electron chi connectivity index (χ1n) is 9.15. The highest BCUT2D eigenvalue weighted by atomic mass is 19.4. The molecule has 0 aliphatic heterocycles. The van der Waals surface area contributed by atoms with E-state index in [0.29, 0.717) is 0 Å². The summed E-state index contributed by atoms with van der Waals surface area (Å²) < 4.78 is 71.1. The number of aliphatic carboxylic acids is 2. The molecule has 188 valence electrons. The Labute approximate surface area is 188 Å². The maximum atomic E-state index is 10.6. The highest BCUT2D eigenvalue weighted by Crippen LogP contribution is 2.15. The maximum Gasteiger partial charge on any atom is 0.490 e. The number of fused-ring (bicyclic) bond motifs is 1. The normalized spacial score (nSPS) is 11.5. The van der Waals surface area contributed by atoms with Crippen molar-refractivity contribution in [3.8, 4) is 0 Å². The monoisotopic (exact) mass is 498 g/mol. The minimum absolute atomic E-state index is 0.752. The lowest BCUT2D eigenvalue weighted by Gasteiger charge is -2.15. The van der Waals surface area contributed by atoms with Crippen molar-refractivity contribution < 1.29 is 50.6 Å². The highest BCUT2D eigenvalue weighted by Gasteiger charge is 2.38. The molecular weight excluding hydrogens is 478 g/mol. The highest BCUT2D eigenvalue weighted by molar-refractivity contribution is 5.73. The number of hydrogen-bond donors (Lipinski definition) is 2. The number of hydrogen-bond acceptors (Lipinski definition) is 6. The Morgan fingerprint density at radius 1 is 1.03 bits per heavy atom. The van der Waals surface area contributed by atoms with E-state index in [1.807, 2.05) is 42.6 Å². The van der Waals surface area contributed by atoms with Crippen molar-refractivity contribution in [2.45, 2.75) is 39.3 Å². The van der Waals surface area contributed by atoms with Gasteiger partial charge in [0.05, 0.1) is 17.9 Å². The molecule has 34 heavy (non-hydrogen) atoms. The van der Waals surface area contributed by atoms with Crippen LogP contribution in [0.5, 0.6) is 0 Å². The zero-order valence-electron chi connectivity index (χ0n) is 18.0. The first kappa shape index (κ1) is 28.4. The van der Waals surface area contributed by atoms with E-state index in [0.717, 1.165) is 36.1 Å². The van der Waals surface area contributed by atoms with Gasteiger partial charge in [0.1, 0.15) is 11.5 Å². The van der Waals surface area contributed by atoms with Gasteiger partial charge in [0.25, 0.3) is 0 Å². The summed E-state index contributed by atoms with van der Waals surface area (Å²) in [5, 5.41) is 14.2. The van der Waals surface area contributed by atoms with Crippen LogP contribution in [0.3, 0.4) is 0 Å². The third-order valence-electron chi connectivity index (χ3n) is 3.83. The van der Waals surface area contributed by atoms with Crippen LogP contribution in [0.15, 0.2) is 35.0 Å². The molecule has 0 spiro atoms. The van der Waals surface area contributed by atoms with Gasteiger partial charge in [-0.15, -0.1) is 0 Å². The number of carboxylic acids is 2. The minimum atomic E-state index is -5.08. The average Bonchev–Trinajstić information content (AvgIpc) is 3.24. The molecule has 9 nitrogen and oxygen atoms in total. The molecule has 0 aliphatic rings. The van der Waals surface area contributed by atoms with Crippen LogP contribution in [0.2, 0.25) is 0 Å². The molecule has 0 amide bonds. The summed E-state index contributed by atoms with van der Waals surface area (Å²) in [5.41, 5.74) is 2.19. The van der Waals surface area contributed by atoms with Gasteiger partial charge in [0, 0.05) is 18.9 Å². The predicted molar refractivity (Wildman–Crippen MR) is 104 cm³/mol. The molecule has 0 aromatic carbocycles. The van der Waals surface area contributed by atoms with E-state index in [4.69, 9.17) is 24.2 Å². The van der Waals surface area contributed by atoms with E-state index in [2.05, 4.69) is 21.9 Å². The molecule has 0 fully saturated rings. The Balaban J connectivity index is 0.000000343. The van der Waals surface area contributed by atoms with Crippen LogP contribution in [0.4, 0.5) is 26.3 Å². The van der Waals surface area contributed by atoms with Gasteiger partial charge in [0.2, 0.25) is 5.78 Å². The van der Waals surface area contributed by atoms with Gasteiger partial charge in [0.15, 0.2) is 0 Å². The van der Waals surface area contributed by atoms with Crippen molar-refractivity contribution >= 4 is 17.7 Å². The number of carboxylic acid groups (broad SMARTS) is 2. The van der Waals surface area contributed by atoms with E-state index < -0.39 is 24.3 Å². The smallest absolute Gasteiger partial charge is 0.475 e. The summed E-state index contributed by atoms with van der Waals surface area (Å²) in [7, 11) is 2.08.